The van der Waals surface area contributed by atoms with Crippen LogP contribution in [0.5, 0.6) is 0 Å². The molecular weight excluding hydrogens is 1770 g/mol. The SMILES string of the molecule is CCC(=O)C(Br)c1cccc(C(F)(F)F)c1.CCC(=O)Cc1cccc(C(F)(F)F)c1.CCc1nc(N)sc1-c1cccc(C(F)(F)F)c1.CCc1nc(NC(=O)c2c(F)cccc2F)sc1-c1cccc(C(F)(F)F)c1.CON(C)C(=O)Cc1cccc(C(F)(F)F)c1.O=C(O)Cc1cccc(C(F)(F)F)c1.[B]=NS.[Br-].[CH2-]C.[Mg+2]. The molecule has 619 valence electrons. The zero-order valence-corrected chi connectivity index (χ0v) is 68.6. The summed E-state index contributed by atoms with van der Waals surface area (Å²) in [6.45, 7) is 12.0. The third-order valence-corrected chi connectivity index (χ3v) is 17.5. The summed E-state index contributed by atoms with van der Waals surface area (Å²) >= 11 is 8.43. The van der Waals surface area contributed by atoms with Crippen molar-refractivity contribution in [3.05, 3.63) is 255 Å². The number of benzene rings is 7. The minimum atomic E-state index is -4.49. The Kier molecular flexibility index (Phi) is 46.3. The van der Waals surface area contributed by atoms with E-state index in [-0.39, 0.29) is 81.6 Å². The molecule has 0 bridgehead atoms. The number of alkyl halides is 19. The number of rotatable bonds is 17. The summed E-state index contributed by atoms with van der Waals surface area (Å²) in [6, 6.07) is 31.6. The number of aryl methyl sites for hydroxylation is 2. The standard InChI is InChI=1S/C19H13F5N2OS.C12H11F3N2S.C11H10BrF3O.C11H12F3NO2.C11H11F3O.C9H7F3O2.C2H5.BHNS.BrH.Mg/c1-2-14-16(10-5-3-6-11(9-10)19(22,23)24)28-18(25-14)26-17(27)15-12(20)7-4-8-13(15)21;1-2-9-10(18-11(16)17-9)7-4-3-5-8(6-7)12(13,14)15;1-2-9(16)10(12)7-4-3-5-8(6-7)11(13,14)15;1-15(17-2)10(16)7-8-4-3-5-9(6-8)11(12,13)14;1-2-10(15)7-8-4-3-5-9(6-8)11(12,13)14;10-9(11,12)7-3-1-2-6(4-7)5-8(13)14;1-2;1-2-3;;/h3-9H,2H2,1H3,(H,25,26,27);3-6H,2H2,1H3,(H2,16,17);3-6,10H,2H2,1H3;3-6H,7H2,1-2H3;3-6H,2,7H2,1H3;1-4H,5H2,(H,13,14);1H2,2H3;3H;1H;/q;;;;;;-1;;;+2/p-1. The van der Waals surface area contributed by atoms with Crippen LogP contribution in [-0.2, 0) is 93.2 Å². The van der Waals surface area contributed by atoms with Gasteiger partial charge >= 0.3 is 90.8 Å². The van der Waals surface area contributed by atoms with Crippen molar-refractivity contribution in [2.75, 3.05) is 25.2 Å². The van der Waals surface area contributed by atoms with E-state index in [2.05, 4.69) is 67.7 Å². The van der Waals surface area contributed by atoms with E-state index in [1.165, 1.54) is 92.2 Å². The second-order valence-electron chi connectivity index (χ2n) is 22.4. The van der Waals surface area contributed by atoms with E-state index >= 15 is 0 Å². The number of hydroxylamine groups is 2. The van der Waals surface area contributed by atoms with Crippen molar-refractivity contribution in [2.45, 2.75) is 121 Å². The van der Waals surface area contributed by atoms with Gasteiger partial charge in [0.15, 0.2) is 16.0 Å². The van der Waals surface area contributed by atoms with Crippen LogP contribution in [0.3, 0.4) is 0 Å². The molecule has 1 unspecified atom stereocenters. The Hall–Kier alpha value is -8.15. The number of Topliss-reactive ketones (excluding diaryl/α,β-unsaturated/α-hetero) is 2. The number of aliphatic carboxylic acids is 1. The number of hydrogen-bond acceptors (Lipinski definition) is 13. The van der Waals surface area contributed by atoms with Gasteiger partial charge in [-0.2, -0.15) is 86.0 Å². The molecule has 115 heavy (non-hydrogen) atoms. The summed E-state index contributed by atoms with van der Waals surface area (Å²) in [5.74, 6) is -4.84. The van der Waals surface area contributed by atoms with Crippen molar-refractivity contribution in [3.63, 3.8) is 0 Å². The van der Waals surface area contributed by atoms with Gasteiger partial charge in [0.2, 0.25) is 5.91 Å². The monoisotopic (exact) mass is 1840 g/mol. The number of nitrogens with one attached hydrogen (secondary N) is 1. The molecule has 0 spiro atoms. The molecule has 2 amide bonds. The van der Waals surface area contributed by atoms with Crippen LogP contribution in [0.4, 0.5) is 98.1 Å². The molecule has 4 N–H and O–H groups in total. The number of carboxylic acids is 1. The molecular formula is C75H70BBr2F20MgN6O7S3. The number of likely N-dealkylation sites (N-methyl/N-ethyl adjacent to an activating group) is 1. The fourth-order valence-electron chi connectivity index (χ4n) is 8.98. The predicted molar refractivity (Wildman–Crippen MR) is 403 cm³/mol. The smallest absolute Gasteiger partial charge is 1.00 e. The Morgan fingerprint density at radius 3 is 1.26 bits per heavy atom. The number of thiazole rings is 2. The maximum Gasteiger partial charge on any atom is 2.00 e. The molecule has 0 aliphatic heterocycles. The minimum Gasteiger partial charge on any atom is -1.00 e. The molecule has 0 aliphatic rings. The summed E-state index contributed by atoms with van der Waals surface area (Å²) < 4.78 is 255. The Labute approximate surface area is 697 Å². The summed E-state index contributed by atoms with van der Waals surface area (Å²) in [5, 5.41) is 12.1. The number of hydrogen-bond donors (Lipinski definition) is 4. The Balaban J connectivity index is 0.00000136. The third-order valence-electron chi connectivity index (χ3n) is 14.4. The van der Waals surface area contributed by atoms with Crippen LogP contribution < -0.4 is 28.0 Å². The first kappa shape index (κ1) is 107. The molecule has 9 aromatic rings. The molecule has 9 rings (SSSR count). The normalized spacial score (nSPS) is 11.2. The van der Waals surface area contributed by atoms with Crippen molar-refractivity contribution in [1.82, 2.24) is 15.0 Å². The van der Waals surface area contributed by atoms with Crippen molar-refractivity contribution < 1.29 is 139 Å². The van der Waals surface area contributed by atoms with Gasteiger partial charge in [-0.1, -0.05) is 169 Å². The first-order valence-electron chi connectivity index (χ1n) is 32.5. The van der Waals surface area contributed by atoms with Gasteiger partial charge in [-0.15, -0.1) is 0 Å². The van der Waals surface area contributed by atoms with Crippen LogP contribution in [0.25, 0.3) is 20.9 Å². The molecule has 1 radical (unpaired) electrons. The second kappa shape index (κ2) is 49.8. The summed E-state index contributed by atoms with van der Waals surface area (Å²) in [4.78, 5) is 69.7. The number of carboxylic acid groups (broad SMARTS) is 1. The third kappa shape index (κ3) is 36.9. The number of halogens is 22. The van der Waals surface area contributed by atoms with Crippen molar-refractivity contribution in [1.29, 1.82) is 0 Å². The summed E-state index contributed by atoms with van der Waals surface area (Å²) in [5.41, 5.74) is 3.55. The second-order valence-corrected chi connectivity index (χ2v) is 25.6. The van der Waals surface area contributed by atoms with Gasteiger partial charge < -0.3 is 34.7 Å². The largest absolute Gasteiger partial charge is 2.00 e. The predicted octanol–water partition coefficient (Wildman–Crippen LogP) is 19.5. The van der Waals surface area contributed by atoms with Gasteiger partial charge in [0, 0.05) is 26.3 Å². The molecule has 13 nitrogen and oxygen atoms in total. The number of aromatic nitrogens is 2. The average Bonchev–Trinajstić information content (AvgIpc) is 1.61. The number of nitrogen functional groups attached to an aromatic ring is 1. The van der Waals surface area contributed by atoms with Crippen molar-refractivity contribution in [2.24, 2.45) is 4.30 Å². The maximum atomic E-state index is 13.8. The molecule has 0 saturated carbocycles. The number of nitrogens with two attached hydrogens (primary N) is 1. The van der Waals surface area contributed by atoms with Crippen LogP contribution >= 0.6 is 51.4 Å². The number of amides is 2. The van der Waals surface area contributed by atoms with E-state index in [4.69, 9.17) is 10.8 Å². The van der Waals surface area contributed by atoms with Crippen LogP contribution in [-0.4, -0.2) is 94.3 Å². The number of nitrogens with zero attached hydrogens (tertiary/aromatic N) is 4. The quantitative estimate of drug-likeness (QED) is 0.0170. The zero-order chi connectivity index (χ0) is 86.2. The van der Waals surface area contributed by atoms with E-state index in [1.807, 2.05) is 6.92 Å². The molecule has 2 heterocycles. The van der Waals surface area contributed by atoms with E-state index in [0.29, 0.717) is 67.7 Å². The fourth-order valence-corrected chi connectivity index (χ4v) is 11.6. The zero-order valence-electron chi connectivity index (χ0n) is 61.4. The van der Waals surface area contributed by atoms with Gasteiger partial charge in [0.1, 0.15) is 23.0 Å². The van der Waals surface area contributed by atoms with Gasteiger partial charge in [-0.25, -0.2) is 23.8 Å². The molecule has 1 atom stereocenters. The summed E-state index contributed by atoms with van der Waals surface area (Å²) in [6.07, 6.45) is -25.2. The number of ketones is 2. The first-order valence-corrected chi connectivity index (χ1v) is 35.5. The van der Waals surface area contributed by atoms with Crippen molar-refractivity contribution in [3.8, 4) is 20.9 Å². The number of anilines is 2. The van der Waals surface area contributed by atoms with Gasteiger partial charge in [0.25, 0.3) is 5.91 Å². The summed E-state index contributed by atoms with van der Waals surface area (Å²) in [7, 11) is 7.04. The Bertz CT molecular complexity index is 4570. The van der Waals surface area contributed by atoms with Gasteiger partial charge in [0.05, 0.1) is 79.3 Å². The maximum absolute atomic E-state index is 13.8. The van der Waals surface area contributed by atoms with Crippen molar-refractivity contribution >= 4 is 122 Å². The van der Waals surface area contributed by atoms with Crippen LogP contribution in [0.15, 0.2) is 168 Å². The molecule has 0 aliphatic carbocycles. The minimum absolute atomic E-state index is 0. The van der Waals surface area contributed by atoms with Gasteiger partial charge in [-0.3, -0.25) is 34.1 Å². The van der Waals surface area contributed by atoms with Crippen LogP contribution in [0, 0.1) is 18.6 Å². The number of carbonyl (C=O) groups is 5. The average molecular weight is 1840 g/mol. The Morgan fingerprint density at radius 2 is 0.896 bits per heavy atom. The van der Waals surface area contributed by atoms with Crippen LogP contribution in [0.1, 0.15) is 130 Å². The van der Waals surface area contributed by atoms with E-state index in [0.717, 1.165) is 113 Å². The molecule has 7 aromatic carbocycles. The number of thiol groups is 1. The molecule has 0 saturated heterocycles. The van der Waals surface area contributed by atoms with E-state index in [1.54, 1.807) is 33.8 Å². The van der Waals surface area contributed by atoms with Gasteiger partial charge in [-0.05, 0) is 107 Å². The molecule has 2 aromatic heterocycles. The number of carbonyl (C=O) groups excluding carboxylic acids is 4. The fraction of sp³-hybridized carbons (Fsp3) is 0.280. The van der Waals surface area contributed by atoms with E-state index in [9.17, 15) is 112 Å². The first-order chi connectivity index (χ1) is 52.6. The Morgan fingerprint density at radius 1 is 0.557 bits per heavy atom. The van der Waals surface area contributed by atoms with E-state index < -0.39 is 117 Å². The topological polar surface area (TPSA) is 194 Å². The molecule has 40 heteroatoms. The van der Waals surface area contributed by atoms with Crippen LogP contribution in [0.2, 0.25) is 0 Å². The molecule has 0 fully saturated rings.